The van der Waals surface area contributed by atoms with Crippen LogP contribution >= 0.6 is 35.6 Å². The monoisotopic (exact) mass is 438 g/mol. The molecule has 1 saturated heterocycles. The van der Waals surface area contributed by atoms with E-state index in [1.165, 1.54) is 37.3 Å². The number of carbonyl (C=O) groups excluding carboxylic acids is 1. The summed E-state index contributed by atoms with van der Waals surface area (Å²) in [6, 6.07) is 6.17. The molecule has 2 heterocycles. The molecule has 3 rings (SSSR count). The predicted octanol–water partition coefficient (Wildman–Crippen LogP) is 4.18. The highest BCUT2D eigenvalue weighted by Crippen LogP contribution is 2.36. The van der Waals surface area contributed by atoms with Gasteiger partial charge in [-0.05, 0) is 31.2 Å². The Labute approximate surface area is 172 Å². The zero-order valence-corrected chi connectivity index (χ0v) is 16.5. The Kier molecular flexibility index (Phi) is 5.54. The van der Waals surface area contributed by atoms with Crippen molar-refractivity contribution in [2.24, 2.45) is 0 Å². The number of benzene rings is 1. The first-order valence-electron chi connectivity index (χ1n) is 7.73. The molecule has 1 atom stereocenters. The van der Waals surface area contributed by atoms with E-state index >= 15 is 0 Å². The van der Waals surface area contributed by atoms with Crippen LogP contribution in [-0.2, 0) is 9.59 Å². The third kappa shape index (κ3) is 3.79. The van der Waals surface area contributed by atoms with Gasteiger partial charge in [0.25, 0.3) is 11.6 Å². The van der Waals surface area contributed by atoms with E-state index in [0.717, 1.165) is 16.7 Å². The minimum atomic E-state index is -1.17. The van der Waals surface area contributed by atoms with Crippen LogP contribution in [0.1, 0.15) is 12.7 Å². The topological polar surface area (TPSA) is 114 Å². The standard InChI is InChI=1S/C17H11ClN2O6S2/c1-8(16(22)23)19-15(21)14(28-17(19)27)7-10-3-5-13(26-10)11-4-2-9(18)6-12(11)20(24)25/h2-8H,1H3,(H,22,23)/b14-7-. The van der Waals surface area contributed by atoms with E-state index in [1.807, 2.05) is 0 Å². The van der Waals surface area contributed by atoms with E-state index in [2.05, 4.69) is 0 Å². The van der Waals surface area contributed by atoms with Crippen molar-refractivity contribution in [1.82, 2.24) is 4.90 Å². The second-order valence-corrected chi connectivity index (χ2v) is 7.80. The fraction of sp³-hybridized carbons (Fsp3) is 0.118. The van der Waals surface area contributed by atoms with Gasteiger partial charge in [-0.15, -0.1) is 0 Å². The number of hydrogen-bond donors (Lipinski definition) is 1. The summed E-state index contributed by atoms with van der Waals surface area (Å²) in [7, 11) is 0. The number of nitro benzene ring substituents is 1. The molecule has 1 fully saturated rings. The van der Waals surface area contributed by atoms with Gasteiger partial charge in [0, 0.05) is 17.2 Å². The van der Waals surface area contributed by atoms with Crippen molar-refractivity contribution in [3.05, 3.63) is 56.1 Å². The fourth-order valence-corrected chi connectivity index (χ4v) is 4.06. The van der Waals surface area contributed by atoms with Gasteiger partial charge in [0.1, 0.15) is 21.9 Å². The lowest BCUT2D eigenvalue weighted by molar-refractivity contribution is -0.384. The van der Waals surface area contributed by atoms with Crippen molar-refractivity contribution in [3.63, 3.8) is 0 Å². The number of carbonyl (C=O) groups is 2. The molecule has 28 heavy (non-hydrogen) atoms. The third-order valence-electron chi connectivity index (χ3n) is 3.89. The van der Waals surface area contributed by atoms with Gasteiger partial charge < -0.3 is 9.52 Å². The van der Waals surface area contributed by atoms with Crippen LogP contribution < -0.4 is 0 Å². The number of aliphatic carboxylic acids is 1. The number of hydrogen-bond acceptors (Lipinski definition) is 7. The highest BCUT2D eigenvalue weighted by molar-refractivity contribution is 8.26. The lowest BCUT2D eigenvalue weighted by atomic mass is 10.1. The van der Waals surface area contributed by atoms with Gasteiger partial charge in [0.15, 0.2) is 0 Å². The number of carboxylic acid groups (broad SMARTS) is 1. The van der Waals surface area contributed by atoms with Crippen molar-refractivity contribution in [3.8, 4) is 11.3 Å². The van der Waals surface area contributed by atoms with Crippen LogP contribution in [0.15, 0.2) is 39.7 Å². The number of thiocarbonyl (C=S) groups is 1. The van der Waals surface area contributed by atoms with Crippen LogP contribution in [0.4, 0.5) is 5.69 Å². The zero-order valence-electron chi connectivity index (χ0n) is 14.1. The summed E-state index contributed by atoms with van der Waals surface area (Å²) in [6.07, 6.45) is 1.42. The Bertz CT molecular complexity index is 1050. The number of thioether (sulfide) groups is 1. The molecule has 1 N–H and O–H groups in total. The number of amides is 1. The second kappa shape index (κ2) is 7.74. The third-order valence-corrected chi connectivity index (χ3v) is 5.46. The average molecular weight is 439 g/mol. The first-order valence-corrected chi connectivity index (χ1v) is 9.33. The normalized spacial score (nSPS) is 16.6. The Hall–Kier alpha value is -2.69. The summed E-state index contributed by atoms with van der Waals surface area (Å²) in [6.45, 7) is 1.36. The molecule has 0 aliphatic carbocycles. The molecule has 11 heteroatoms. The van der Waals surface area contributed by atoms with Crippen LogP contribution in [0.3, 0.4) is 0 Å². The number of carboxylic acids is 1. The maximum atomic E-state index is 12.5. The van der Waals surface area contributed by atoms with Gasteiger partial charge in [-0.2, -0.15) is 0 Å². The van der Waals surface area contributed by atoms with Crippen molar-refractivity contribution < 1.29 is 24.0 Å². The minimum absolute atomic E-state index is 0.131. The van der Waals surface area contributed by atoms with E-state index in [-0.39, 0.29) is 37.0 Å². The molecule has 0 radical (unpaired) electrons. The summed E-state index contributed by atoms with van der Waals surface area (Å²) >= 11 is 11.9. The molecular formula is C17H11ClN2O6S2. The minimum Gasteiger partial charge on any atom is -0.480 e. The van der Waals surface area contributed by atoms with Crippen molar-refractivity contribution >= 4 is 63.5 Å². The molecule has 1 aromatic carbocycles. The maximum absolute atomic E-state index is 12.5. The molecule has 1 unspecified atom stereocenters. The van der Waals surface area contributed by atoms with E-state index in [4.69, 9.17) is 33.3 Å². The maximum Gasteiger partial charge on any atom is 0.326 e. The number of rotatable bonds is 5. The Morgan fingerprint density at radius 2 is 2.14 bits per heavy atom. The SMILES string of the molecule is CC(C(=O)O)N1C(=O)/C(=C/c2ccc(-c3ccc(Cl)cc3[N+](=O)[O-])o2)SC1=S. The Morgan fingerprint density at radius 1 is 1.43 bits per heavy atom. The summed E-state index contributed by atoms with van der Waals surface area (Å²) in [4.78, 5) is 35.5. The lowest BCUT2D eigenvalue weighted by Crippen LogP contribution is -2.41. The van der Waals surface area contributed by atoms with Crippen molar-refractivity contribution in [2.75, 3.05) is 0 Å². The van der Waals surface area contributed by atoms with E-state index < -0.39 is 22.8 Å². The van der Waals surface area contributed by atoms with E-state index in [0.29, 0.717) is 0 Å². The molecule has 0 bridgehead atoms. The molecule has 2 aromatic rings. The molecule has 1 amide bonds. The molecule has 144 valence electrons. The van der Waals surface area contributed by atoms with Crippen LogP contribution in [0.25, 0.3) is 17.4 Å². The molecule has 1 aromatic heterocycles. The van der Waals surface area contributed by atoms with E-state index in [9.17, 15) is 19.7 Å². The average Bonchev–Trinajstić information content (AvgIpc) is 3.19. The van der Waals surface area contributed by atoms with Crippen LogP contribution in [0, 0.1) is 10.1 Å². The lowest BCUT2D eigenvalue weighted by Gasteiger charge is -2.18. The predicted molar refractivity (Wildman–Crippen MR) is 108 cm³/mol. The summed E-state index contributed by atoms with van der Waals surface area (Å²) in [5.41, 5.74) is 0.0242. The molecule has 0 saturated carbocycles. The van der Waals surface area contributed by atoms with Gasteiger partial charge >= 0.3 is 5.97 Å². The summed E-state index contributed by atoms with van der Waals surface area (Å²) in [5.74, 6) is -1.22. The highest BCUT2D eigenvalue weighted by Gasteiger charge is 2.38. The number of furan rings is 1. The van der Waals surface area contributed by atoms with Crippen molar-refractivity contribution in [2.45, 2.75) is 13.0 Å². The first kappa shape index (κ1) is 20.1. The number of nitro groups is 1. The first-order chi connectivity index (χ1) is 13.2. The number of halogens is 1. The molecule has 1 aliphatic heterocycles. The van der Waals surface area contributed by atoms with Gasteiger partial charge in [0.05, 0.1) is 15.4 Å². The fourth-order valence-electron chi connectivity index (χ4n) is 2.49. The quantitative estimate of drug-likeness (QED) is 0.320. The Balaban J connectivity index is 1.92. The second-order valence-electron chi connectivity index (χ2n) is 5.69. The number of nitrogens with zero attached hydrogens (tertiary/aromatic N) is 2. The highest BCUT2D eigenvalue weighted by atomic mass is 35.5. The molecule has 8 nitrogen and oxygen atoms in total. The summed E-state index contributed by atoms with van der Waals surface area (Å²) < 4.78 is 5.75. The summed E-state index contributed by atoms with van der Waals surface area (Å²) in [5, 5.41) is 20.6. The van der Waals surface area contributed by atoms with Crippen LogP contribution in [0.5, 0.6) is 0 Å². The largest absolute Gasteiger partial charge is 0.480 e. The molecule has 0 spiro atoms. The van der Waals surface area contributed by atoms with Gasteiger partial charge in [0.2, 0.25) is 0 Å². The van der Waals surface area contributed by atoms with Gasteiger partial charge in [-0.1, -0.05) is 35.6 Å². The van der Waals surface area contributed by atoms with Gasteiger partial charge in [-0.25, -0.2) is 4.79 Å². The van der Waals surface area contributed by atoms with Crippen LogP contribution in [0.2, 0.25) is 5.02 Å². The van der Waals surface area contributed by atoms with Gasteiger partial charge in [-0.3, -0.25) is 19.8 Å². The van der Waals surface area contributed by atoms with E-state index in [1.54, 1.807) is 6.07 Å². The smallest absolute Gasteiger partial charge is 0.326 e. The zero-order chi connectivity index (χ0) is 20.6. The molecule has 1 aliphatic rings. The van der Waals surface area contributed by atoms with Crippen molar-refractivity contribution in [1.29, 1.82) is 0 Å². The molecular weight excluding hydrogens is 428 g/mol. The Morgan fingerprint density at radius 3 is 2.79 bits per heavy atom. The van der Waals surface area contributed by atoms with Crippen LogP contribution in [-0.4, -0.2) is 37.2 Å².